The number of carbonyl (C=O) groups excluding carboxylic acids is 2. The summed E-state index contributed by atoms with van der Waals surface area (Å²) >= 11 is 5.84. The zero-order valence-corrected chi connectivity index (χ0v) is 18.4. The van der Waals surface area contributed by atoms with E-state index in [-0.39, 0.29) is 24.5 Å². The van der Waals surface area contributed by atoms with Crippen molar-refractivity contribution in [1.82, 2.24) is 14.9 Å². The average molecular weight is 466 g/mol. The number of carbonyl (C=O) groups is 2. The van der Waals surface area contributed by atoms with Gasteiger partial charge in [0.15, 0.2) is 0 Å². The molecule has 1 fully saturated rings. The van der Waals surface area contributed by atoms with Crippen molar-refractivity contribution in [3.8, 4) is 0 Å². The largest absolute Gasteiger partial charge is 0.360 e. The second-order valence-corrected chi connectivity index (χ2v) is 9.28. The Morgan fingerprint density at radius 1 is 1.03 bits per heavy atom. The fourth-order valence-electron chi connectivity index (χ4n) is 3.14. The van der Waals surface area contributed by atoms with Gasteiger partial charge >= 0.3 is 11.8 Å². The van der Waals surface area contributed by atoms with E-state index in [4.69, 9.17) is 16.3 Å². The molecule has 0 aromatic heterocycles. The predicted molar refractivity (Wildman–Crippen MR) is 116 cm³/mol. The Hall–Kier alpha value is -2.46. The van der Waals surface area contributed by atoms with E-state index >= 15 is 0 Å². The molecule has 2 aromatic carbocycles. The number of halogens is 1. The van der Waals surface area contributed by atoms with Crippen LogP contribution in [0.1, 0.15) is 12.0 Å². The van der Waals surface area contributed by atoms with Gasteiger partial charge in [0, 0.05) is 18.1 Å². The zero-order chi connectivity index (χ0) is 22.3. The van der Waals surface area contributed by atoms with Crippen LogP contribution in [-0.2, 0) is 30.8 Å². The van der Waals surface area contributed by atoms with E-state index in [0.717, 1.165) is 5.56 Å². The highest BCUT2D eigenvalue weighted by Gasteiger charge is 2.34. The van der Waals surface area contributed by atoms with E-state index in [9.17, 15) is 18.0 Å². The molecular weight excluding hydrogens is 442 g/mol. The number of nitrogens with one attached hydrogen (secondary N) is 2. The molecule has 1 aliphatic heterocycles. The maximum Gasteiger partial charge on any atom is 0.309 e. The van der Waals surface area contributed by atoms with Gasteiger partial charge in [0.25, 0.3) is 0 Å². The lowest BCUT2D eigenvalue weighted by Crippen LogP contribution is -2.53. The monoisotopic (exact) mass is 465 g/mol. The van der Waals surface area contributed by atoms with Gasteiger partial charge in [0.05, 0.1) is 18.0 Å². The predicted octanol–water partition coefficient (Wildman–Crippen LogP) is 1.55. The first-order valence-electron chi connectivity index (χ1n) is 9.87. The Morgan fingerprint density at radius 3 is 2.42 bits per heavy atom. The standard InChI is InChI=1S/C21H24ClN3O5S/c22-17-9-7-16(8-10-17)11-12-23-20(26)21(27)24-15-19-25(13-4-14-30-19)31(28,29)18-5-2-1-3-6-18/h1-3,5-10,19H,4,11-15H2,(H,23,26)(H,24,27)/t19-/m0/s1. The van der Waals surface area contributed by atoms with Gasteiger partial charge in [-0.3, -0.25) is 9.59 Å². The third-order valence-electron chi connectivity index (χ3n) is 4.76. The Labute approximate surface area is 186 Å². The Morgan fingerprint density at radius 2 is 1.71 bits per heavy atom. The van der Waals surface area contributed by atoms with Crippen LogP contribution in [0.3, 0.4) is 0 Å². The minimum atomic E-state index is -3.78. The van der Waals surface area contributed by atoms with Crippen LogP contribution in [-0.4, -0.2) is 57.0 Å². The lowest BCUT2D eigenvalue weighted by atomic mass is 10.1. The third-order valence-corrected chi connectivity index (χ3v) is 6.92. The second-order valence-electron chi connectivity index (χ2n) is 6.95. The molecule has 0 aliphatic carbocycles. The molecule has 1 saturated heterocycles. The molecule has 0 saturated carbocycles. The second kappa shape index (κ2) is 10.7. The van der Waals surface area contributed by atoms with Crippen molar-refractivity contribution >= 4 is 33.4 Å². The molecule has 0 radical (unpaired) electrons. The zero-order valence-electron chi connectivity index (χ0n) is 16.8. The van der Waals surface area contributed by atoms with Gasteiger partial charge in [0.1, 0.15) is 6.23 Å². The number of rotatable bonds is 7. The van der Waals surface area contributed by atoms with E-state index < -0.39 is 28.1 Å². The summed E-state index contributed by atoms with van der Waals surface area (Å²) < 4.78 is 32.6. The maximum atomic E-state index is 12.9. The summed E-state index contributed by atoms with van der Waals surface area (Å²) in [5, 5.41) is 5.63. The van der Waals surface area contributed by atoms with Crippen LogP contribution in [0.25, 0.3) is 0 Å². The molecule has 8 nitrogen and oxygen atoms in total. The Bertz CT molecular complexity index is 999. The van der Waals surface area contributed by atoms with Crippen molar-refractivity contribution in [3.63, 3.8) is 0 Å². The van der Waals surface area contributed by atoms with E-state index in [1.165, 1.54) is 16.4 Å². The summed E-state index contributed by atoms with van der Waals surface area (Å²) in [5.74, 6) is -1.63. The molecule has 0 bridgehead atoms. The van der Waals surface area contributed by atoms with Crippen molar-refractivity contribution in [2.24, 2.45) is 0 Å². The van der Waals surface area contributed by atoms with Crippen molar-refractivity contribution in [3.05, 3.63) is 65.2 Å². The number of benzene rings is 2. The van der Waals surface area contributed by atoms with Crippen molar-refractivity contribution in [2.45, 2.75) is 24.0 Å². The fourth-order valence-corrected chi connectivity index (χ4v) is 4.85. The van der Waals surface area contributed by atoms with Crippen LogP contribution in [0, 0.1) is 0 Å². The normalized spacial score (nSPS) is 17.1. The molecule has 31 heavy (non-hydrogen) atoms. The highest BCUT2D eigenvalue weighted by Crippen LogP contribution is 2.21. The van der Waals surface area contributed by atoms with E-state index in [1.54, 1.807) is 30.3 Å². The van der Waals surface area contributed by atoms with Crippen LogP contribution in [0.4, 0.5) is 0 Å². The molecule has 1 aliphatic rings. The van der Waals surface area contributed by atoms with Crippen LogP contribution >= 0.6 is 11.6 Å². The van der Waals surface area contributed by atoms with E-state index in [1.807, 2.05) is 12.1 Å². The van der Waals surface area contributed by atoms with Crippen molar-refractivity contribution in [2.75, 3.05) is 26.2 Å². The Balaban J connectivity index is 1.51. The van der Waals surface area contributed by atoms with Gasteiger partial charge in [-0.25, -0.2) is 8.42 Å². The number of hydrogen-bond donors (Lipinski definition) is 2. The topological polar surface area (TPSA) is 105 Å². The molecule has 1 atom stereocenters. The van der Waals surface area contributed by atoms with Crippen molar-refractivity contribution in [1.29, 1.82) is 0 Å². The van der Waals surface area contributed by atoms with Crippen LogP contribution in [0.5, 0.6) is 0 Å². The first-order chi connectivity index (χ1) is 14.9. The molecule has 2 aromatic rings. The maximum absolute atomic E-state index is 12.9. The van der Waals surface area contributed by atoms with Gasteiger partial charge in [0.2, 0.25) is 10.0 Å². The van der Waals surface area contributed by atoms with E-state index in [2.05, 4.69) is 10.6 Å². The van der Waals surface area contributed by atoms with Crippen molar-refractivity contribution < 1.29 is 22.7 Å². The molecule has 2 N–H and O–H groups in total. The smallest absolute Gasteiger partial charge is 0.309 e. The summed E-state index contributed by atoms with van der Waals surface area (Å²) in [5.41, 5.74) is 0.975. The van der Waals surface area contributed by atoms with Crippen LogP contribution in [0.2, 0.25) is 5.02 Å². The number of hydrogen-bond acceptors (Lipinski definition) is 5. The molecule has 2 amide bonds. The van der Waals surface area contributed by atoms with E-state index in [0.29, 0.717) is 24.5 Å². The first kappa shape index (κ1) is 23.2. The molecular formula is C21H24ClN3O5S. The molecule has 166 valence electrons. The number of nitrogens with zero attached hydrogens (tertiary/aromatic N) is 1. The average Bonchev–Trinajstić information content (AvgIpc) is 2.79. The number of amides is 2. The van der Waals surface area contributed by atoms with Gasteiger partial charge in [-0.05, 0) is 42.7 Å². The first-order valence-corrected chi connectivity index (χ1v) is 11.7. The fraction of sp³-hybridized carbons (Fsp3) is 0.333. The number of ether oxygens (including phenoxy) is 1. The summed E-state index contributed by atoms with van der Waals surface area (Å²) in [6.07, 6.45) is 0.206. The highest BCUT2D eigenvalue weighted by atomic mass is 35.5. The lowest BCUT2D eigenvalue weighted by molar-refractivity contribution is -0.140. The Kier molecular flexibility index (Phi) is 8.03. The van der Waals surface area contributed by atoms with Crippen LogP contribution in [0.15, 0.2) is 59.5 Å². The third kappa shape index (κ3) is 6.27. The minimum Gasteiger partial charge on any atom is -0.360 e. The highest BCUT2D eigenvalue weighted by molar-refractivity contribution is 7.89. The van der Waals surface area contributed by atoms with Gasteiger partial charge in [-0.15, -0.1) is 0 Å². The molecule has 10 heteroatoms. The minimum absolute atomic E-state index is 0.129. The van der Waals surface area contributed by atoms with Gasteiger partial charge in [-0.1, -0.05) is 41.9 Å². The molecule has 0 unspecified atom stereocenters. The molecule has 3 rings (SSSR count). The number of sulfonamides is 1. The molecule has 1 heterocycles. The quantitative estimate of drug-likeness (QED) is 0.604. The van der Waals surface area contributed by atoms with Crippen LogP contribution < -0.4 is 10.6 Å². The lowest BCUT2D eigenvalue weighted by Gasteiger charge is -2.34. The summed E-state index contributed by atoms with van der Waals surface area (Å²) in [4.78, 5) is 24.3. The summed E-state index contributed by atoms with van der Waals surface area (Å²) in [6, 6.07) is 15.2. The molecule has 0 spiro atoms. The van der Waals surface area contributed by atoms with Gasteiger partial charge < -0.3 is 15.4 Å². The summed E-state index contributed by atoms with van der Waals surface area (Å²) in [6.45, 7) is 0.789. The summed E-state index contributed by atoms with van der Waals surface area (Å²) in [7, 11) is -3.78. The van der Waals surface area contributed by atoms with Gasteiger partial charge in [-0.2, -0.15) is 4.31 Å². The SMILES string of the molecule is O=C(NCCc1ccc(Cl)cc1)C(=O)NC[C@@H]1OCCCN1S(=O)(=O)c1ccccc1.